The van der Waals surface area contributed by atoms with Crippen LogP contribution in [0.1, 0.15) is 78.7 Å². The van der Waals surface area contributed by atoms with Gasteiger partial charge in [0.2, 0.25) is 0 Å². The highest BCUT2D eigenvalue weighted by Crippen LogP contribution is 2.25. The first kappa shape index (κ1) is 38.3. The number of methoxy groups -OCH3 is 2. The van der Waals surface area contributed by atoms with Crippen LogP contribution in [0.2, 0.25) is 0 Å². The zero-order valence-electron chi connectivity index (χ0n) is 28.4. The molecule has 1 aromatic carbocycles. The number of aryl methyl sites for hydroxylation is 1. The quantitative estimate of drug-likeness (QED) is 0.0907. The number of nitrogens with zero attached hydrogens (tertiary/aromatic N) is 1. The van der Waals surface area contributed by atoms with Crippen LogP contribution in [-0.4, -0.2) is 80.1 Å². The van der Waals surface area contributed by atoms with Crippen molar-refractivity contribution in [3.63, 3.8) is 0 Å². The van der Waals surface area contributed by atoms with Gasteiger partial charge in [-0.05, 0) is 43.1 Å². The molecule has 46 heavy (non-hydrogen) atoms. The Hall–Kier alpha value is -3.87. The standard InChI is InChI=1S/C33H53N5O8/c1-22(2)28(35-31(42)44-6)29(40)37-38(20-26-16-12-9-13-17-26)21-27(19-18-25-14-10-8-11-15-25)34-30(41)33(23(3)4,46-24(5)39)36-32(43)45-7/h8,10-11,14-15,22-23,26-28H,9,12-13,16-21H2,1-7H3,(H,34,41)(H,35,42)(H,36,43)(H,37,40)/t27-,28-,33+/m0/s1. The molecule has 0 radical (unpaired) electrons. The molecule has 1 aliphatic rings. The number of ether oxygens (including phenoxy) is 3. The lowest BCUT2D eigenvalue weighted by Crippen LogP contribution is -2.66. The van der Waals surface area contributed by atoms with Crippen LogP contribution in [0.4, 0.5) is 9.59 Å². The second-order valence-electron chi connectivity index (χ2n) is 12.5. The van der Waals surface area contributed by atoms with E-state index < -0.39 is 53.7 Å². The van der Waals surface area contributed by atoms with Gasteiger partial charge in [-0.2, -0.15) is 0 Å². The van der Waals surface area contributed by atoms with Crippen molar-refractivity contribution >= 4 is 30.0 Å². The molecule has 3 atom stereocenters. The Morgan fingerprint density at radius 1 is 0.913 bits per heavy atom. The molecule has 4 amide bonds. The van der Waals surface area contributed by atoms with Crippen molar-refractivity contribution in [3.8, 4) is 0 Å². The Bertz CT molecular complexity index is 1140. The number of carbonyl (C=O) groups excluding carboxylic acids is 5. The SMILES string of the molecule is COC(=O)N[C@H](C(=O)NN(CC1CCCCC1)C[C@H](CCc1ccccc1)NC(=O)[C@](NC(=O)OC)(OC(C)=O)C(C)C)C(C)C. The molecule has 1 aliphatic carbocycles. The van der Waals surface area contributed by atoms with Gasteiger partial charge >= 0.3 is 18.2 Å². The van der Waals surface area contributed by atoms with Crippen molar-refractivity contribution in [1.82, 2.24) is 26.4 Å². The zero-order valence-corrected chi connectivity index (χ0v) is 28.4. The normalized spacial score (nSPS) is 16.1. The summed E-state index contributed by atoms with van der Waals surface area (Å²) in [6, 6.07) is 8.35. The fourth-order valence-electron chi connectivity index (χ4n) is 5.63. The summed E-state index contributed by atoms with van der Waals surface area (Å²) in [5.41, 5.74) is 2.01. The van der Waals surface area contributed by atoms with Gasteiger partial charge in [-0.3, -0.25) is 25.1 Å². The van der Waals surface area contributed by atoms with Crippen LogP contribution < -0.4 is 21.4 Å². The van der Waals surface area contributed by atoms with Crippen LogP contribution in [0.3, 0.4) is 0 Å². The maximum absolute atomic E-state index is 14.0. The minimum absolute atomic E-state index is 0.205. The highest BCUT2D eigenvalue weighted by Gasteiger charge is 2.48. The fraction of sp³-hybridized carbons (Fsp3) is 0.667. The Labute approximate surface area is 272 Å². The lowest BCUT2D eigenvalue weighted by molar-refractivity contribution is -0.176. The van der Waals surface area contributed by atoms with Gasteiger partial charge in [0, 0.05) is 32.0 Å². The summed E-state index contributed by atoms with van der Waals surface area (Å²) in [6.45, 7) is 8.83. The fourth-order valence-corrected chi connectivity index (χ4v) is 5.63. The van der Waals surface area contributed by atoms with Crippen molar-refractivity contribution < 1.29 is 38.2 Å². The maximum atomic E-state index is 14.0. The second-order valence-corrected chi connectivity index (χ2v) is 12.5. The number of amides is 4. The largest absolute Gasteiger partial charge is 0.453 e. The number of rotatable bonds is 16. The summed E-state index contributed by atoms with van der Waals surface area (Å²) in [4.78, 5) is 64.2. The van der Waals surface area contributed by atoms with Crippen molar-refractivity contribution in [3.05, 3.63) is 35.9 Å². The molecule has 0 aliphatic heterocycles. The van der Waals surface area contributed by atoms with E-state index in [0.717, 1.165) is 51.7 Å². The number of hydrogen-bond donors (Lipinski definition) is 4. The third-order valence-electron chi connectivity index (χ3n) is 8.21. The van der Waals surface area contributed by atoms with E-state index in [9.17, 15) is 24.0 Å². The van der Waals surface area contributed by atoms with E-state index in [1.165, 1.54) is 7.11 Å². The molecule has 0 bridgehead atoms. The van der Waals surface area contributed by atoms with Crippen molar-refractivity contribution in [2.45, 2.75) is 97.4 Å². The molecular weight excluding hydrogens is 594 g/mol. The number of alkyl carbamates (subject to hydrolysis) is 2. The van der Waals surface area contributed by atoms with E-state index in [0.29, 0.717) is 25.3 Å². The summed E-state index contributed by atoms with van der Waals surface area (Å²) in [7, 11) is 2.39. The van der Waals surface area contributed by atoms with Crippen molar-refractivity contribution in [2.75, 3.05) is 27.3 Å². The molecule has 0 saturated heterocycles. The Morgan fingerprint density at radius 2 is 1.54 bits per heavy atom. The predicted molar refractivity (Wildman–Crippen MR) is 172 cm³/mol. The zero-order chi connectivity index (χ0) is 34.3. The number of benzene rings is 1. The van der Waals surface area contributed by atoms with E-state index in [-0.39, 0.29) is 12.5 Å². The molecule has 0 unspecified atom stereocenters. The molecule has 2 rings (SSSR count). The molecule has 258 valence electrons. The molecular formula is C33H53N5O8. The number of hydrogen-bond acceptors (Lipinski definition) is 9. The molecule has 0 heterocycles. The monoisotopic (exact) mass is 647 g/mol. The number of nitrogens with one attached hydrogen (secondary N) is 4. The number of esters is 1. The minimum Gasteiger partial charge on any atom is -0.453 e. The van der Waals surface area contributed by atoms with Crippen LogP contribution >= 0.6 is 0 Å². The Kier molecular flexibility index (Phi) is 15.8. The molecule has 13 heteroatoms. The van der Waals surface area contributed by atoms with Crippen LogP contribution in [0, 0.1) is 17.8 Å². The first-order valence-electron chi connectivity index (χ1n) is 16.1. The van der Waals surface area contributed by atoms with E-state index >= 15 is 0 Å². The molecule has 1 fully saturated rings. The van der Waals surface area contributed by atoms with Gasteiger partial charge in [0.1, 0.15) is 6.04 Å². The molecule has 13 nitrogen and oxygen atoms in total. The van der Waals surface area contributed by atoms with Crippen molar-refractivity contribution in [1.29, 1.82) is 0 Å². The summed E-state index contributed by atoms with van der Waals surface area (Å²) in [6.07, 6.45) is 4.78. The second kappa shape index (κ2) is 18.9. The van der Waals surface area contributed by atoms with Crippen LogP contribution in [0.15, 0.2) is 30.3 Å². The van der Waals surface area contributed by atoms with E-state index in [2.05, 4.69) is 21.4 Å². The summed E-state index contributed by atoms with van der Waals surface area (Å²) < 4.78 is 15.0. The third kappa shape index (κ3) is 12.1. The minimum atomic E-state index is -2.05. The van der Waals surface area contributed by atoms with Gasteiger partial charge < -0.3 is 24.8 Å². The van der Waals surface area contributed by atoms with Crippen molar-refractivity contribution in [2.24, 2.45) is 17.8 Å². The lowest BCUT2D eigenvalue weighted by atomic mass is 9.89. The van der Waals surface area contributed by atoms with Gasteiger partial charge in [-0.15, -0.1) is 0 Å². The number of hydrazine groups is 1. The Morgan fingerprint density at radius 3 is 2.09 bits per heavy atom. The van der Waals surface area contributed by atoms with Gasteiger partial charge in [0.25, 0.3) is 17.5 Å². The maximum Gasteiger partial charge on any atom is 0.410 e. The summed E-state index contributed by atoms with van der Waals surface area (Å²) in [5, 5.41) is 9.87. The topological polar surface area (TPSA) is 164 Å². The first-order chi connectivity index (χ1) is 21.8. The molecule has 1 aromatic rings. The van der Waals surface area contributed by atoms with Crippen LogP contribution in [-0.2, 0) is 35.0 Å². The Balaban J connectivity index is 2.44. The molecule has 0 spiro atoms. The molecule has 1 saturated carbocycles. The van der Waals surface area contributed by atoms with Gasteiger partial charge in [0.15, 0.2) is 0 Å². The molecule has 0 aromatic heterocycles. The van der Waals surface area contributed by atoms with E-state index in [1.807, 2.05) is 44.2 Å². The van der Waals surface area contributed by atoms with E-state index in [4.69, 9.17) is 14.2 Å². The smallest absolute Gasteiger partial charge is 0.410 e. The van der Waals surface area contributed by atoms with Gasteiger partial charge in [0.05, 0.1) is 14.2 Å². The summed E-state index contributed by atoms with van der Waals surface area (Å²) >= 11 is 0. The van der Waals surface area contributed by atoms with Crippen LogP contribution in [0.25, 0.3) is 0 Å². The first-order valence-corrected chi connectivity index (χ1v) is 16.1. The molecule has 4 N–H and O–H groups in total. The average molecular weight is 648 g/mol. The highest BCUT2D eigenvalue weighted by atomic mass is 16.6. The van der Waals surface area contributed by atoms with Gasteiger partial charge in [-0.25, -0.2) is 14.6 Å². The van der Waals surface area contributed by atoms with E-state index in [1.54, 1.807) is 18.9 Å². The average Bonchev–Trinajstić information content (AvgIpc) is 3.02. The number of carbonyl (C=O) groups is 5. The highest BCUT2D eigenvalue weighted by molar-refractivity contribution is 5.91. The summed E-state index contributed by atoms with van der Waals surface area (Å²) in [5.74, 6) is -2.47. The lowest BCUT2D eigenvalue weighted by Gasteiger charge is -2.38. The van der Waals surface area contributed by atoms with Gasteiger partial charge in [-0.1, -0.05) is 77.3 Å². The van der Waals surface area contributed by atoms with Crippen LogP contribution in [0.5, 0.6) is 0 Å². The third-order valence-corrected chi connectivity index (χ3v) is 8.21. The predicted octanol–water partition coefficient (Wildman–Crippen LogP) is 3.67.